The fourth-order valence-electron chi connectivity index (χ4n) is 0.929. The molecule has 0 bridgehead atoms. The Morgan fingerprint density at radius 3 is 2.47 bits per heavy atom. The van der Waals surface area contributed by atoms with Crippen LogP contribution >= 0.6 is 0 Å². The first-order chi connectivity index (χ1) is 6.93. The van der Waals surface area contributed by atoms with E-state index in [1.165, 1.54) is 23.4 Å². The van der Waals surface area contributed by atoms with Crippen LogP contribution in [-0.4, -0.2) is 41.6 Å². The zero-order valence-corrected chi connectivity index (χ0v) is 9.40. The molecule has 2 radical (unpaired) electrons. The minimum atomic E-state index is -3.68. The van der Waals surface area contributed by atoms with Gasteiger partial charge in [0.05, 0.1) is 4.90 Å². The van der Waals surface area contributed by atoms with Crippen LogP contribution in [0.1, 0.15) is 0 Å². The molecule has 0 unspecified atom stereocenters. The quantitative estimate of drug-likeness (QED) is 0.403. The molecule has 0 N–H and O–H groups in total. The molecule has 0 aromatic heterocycles. The van der Waals surface area contributed by atoms with Gasteiger partial charge < -0.3 is 4.90 Å². The minimum Gasteiger partial charge on any atom is -0.368 e. The van der Waals surface area contributed by atoms with Crippen LogP contribution in [0.15, 0.2) is 33.6 Å². The summed E-state index contributed by atoms with van der Waals surface area (Å²) in [7, 11) is 5.24. The van der Waals surface area contributed by atoms with Gasteiger partial charge in [0.2, 0.25) is 0 Å². The van der Waals surface area contributed by atoms with Gasteiger partial charge >= 0.3 is 0 Å². The Kier molecular flexibility index (Phi) is 3.52. The zero-order valence-electron chi connectivity index (χ0n) is 8.58. The van der Waals surface area contributed by atoms with E-state index in [1.807, 2.05) is 0 Å². The van der Waals surface area contributed by atoms with E-state index in [0.717, 1.165) is 0 Å². The lowest BCUT2D eigenvalue weighted by atomic mass is 9.97. The molecule has 6 heteroatoms. The standard InChI is InChI=1S/C9H11BN2O2S/c1-12(2)7-11-15(13,14)9-6-4-3-5-8(9)10/h3-7H,1-2H3. The van der Waals surface area contributed by atoms with E-state index in [0.29, 0.717) is 0 Å². The summed E-state index contributed by atoms with van der Waals surface area (Å²) in [6, 6.07) is 6.23. The van der Waals surface area contributed by atoms with Crippen LogP contribution in [0.3, 0.4) is 0 Å². The Morgan fingerprint density at radius 2 is 1.93 bits per heavy atom. The lowest BCUT2D eigenvalue weighted by Gasteiger charge is -2.05. The summed E-state index contributed by atoms with van der Waals surface area (Å²) in [6.45, 7) is 0. The summed E-state index contributed by atoms with van der Waals surface area (Å²) in [5.41, 5.74) is 0.202. The summed E-state index contributed by atoms with van der Waals surface area (Å²) in [5, 5.41) is 0. The van der Waals surface area contributed by atoms with E-state index in [4.69, 9.17) is 7.85 Å². The largest absolute Gasteiger partial charge is 0.368 e. The van der Waals surface area contributed by atoms with Crippen molar-refractivity contribution in [1.82, 2.24) is 4.90 Å². The molecule has 0 amide bonds. The van der Waals surface area contributed by atoms with E-state index in [9.17, 15) is 8.42 Å². The van der Waals surface area contributed by atoms with Crippen LogP contribution in [0.2, 0.25) is 0 Å². The molecule has 0 fully saturated rings. The average Bonchev–Trinajstić information content (AvgIpc) is 2.15. The second-order valence-electron chi connectivity index (χ2n) is 3.20. The molecule has 4 nitrogen and oxygen atoms in total. The molecule has 0 aliphatic carbocycles. The predicted octanol–water partition coefficient (Wildman–Crippen LogP) is -0.241. The smallest absolute Gasteiger partial charge is 0.283 e. The molecule has 1 aromatic carbocycles. The molecule has 15 heavy (non-hydrogen) atoms. The van der Waals surface area contributed by atoms with Crippen molar-refractivity contribution in [2.24, 2.45) is 4.40 Å². The molecule has 78 valence electrons. The van der Waals surface area contributed by atoms with Crippen molar-refractivity contribution in [3.8, 4) is 0 Å². The van der Waals surface area contributed by atoms with Gasteiger partial charge in [0.25, 0.3) is 10.0 Å². The number of sulfonamides is 1. The second kappa shape index (κ2) is 4.48. The highest BCUT2D eigenvalue weighted by molar-refractivity contribution is 7.90. The second-order valence-corrected chi connectivity index (χ2v) is 4.80. The number of benzene rings is 1. The van der Waals surface area contributed by atoms with Gasteiger partial charge in [-0.2, -0.15) is 8.42 Å². The third kappa shape index (κ3) is 3.09. The van der Waals surface area contributed by atoms with Crippen molar-refractivity contribution in [1.29, 1.82) is 0 Å². The van der Waals surface area contributed by atoms with Crippen molar-refractivity contribution in [2.45, 2.75) is 4.90 Å². The van der Waals surface area contributed by atoms with Gasteiger partial charge in [-0.25, -0.2) is 0 Å². The zero-order chi connectivity index (χ0) is 11.5. The van der Waals surface area contributed by atoms with Crippen molar-refractivity contribution in [3.05, 3.63) is 24.3 Å². The third-order valence-electron chi connectivity index (χ3n) is 1.61. The molecule has 0 spiro atoms. The van der Waals surface area contributed by atoms with E-state index in [2.05, 4.69) is 4.40 Å². The predicted molar refractivity (Wildman–Crippen MR) is 61.2 cm³/mol. The van der Waals surface area contributed by atoms with Crippen LogP contribution in [0.25, 0.3) is 0 Å². The fraction of sp³-hybridized carbons (Fsp3) is 0.222. The van der Waals surface area contributed by atoms with Crippen LogP contribution in [-0.2, 0) is 10.0 Å². The number of rotatable bonds is 3. The molecule has 0 heterocycles. The van der Waals surface area contributed by atoms with Crippen molar-refractivity contribution in [3.63, 3.8) is 0 Å². The molecular formula is C9H11BN2O2S. The summed E-state index contributed by atoms with van der Waals surface area (Å²) in [6.07, 6.45) is 1.22. The van der Waals surface area contributed by atoms with Gasteiger partial charge in [-0.15, -0.1) is 4.40 Å². The van der Waals surface area contributed by atoms with Gasteiger partial charge in [-0.05, 0) is 6.07 Å². The Balaban J connectivity index is 3.13. The van der Waals surface area contributed by atoms with Crippen LogP contribution in [0.5, 0.6) is 0 Å². The van der Waals surface area contributed by atoms with Gasteiger partial charge in [-0.1, -0.05) is 23.7 Å². The van der Waals surface area contributed by atoms with Gasteiger partial charge in [-0.3, -0.25) is 0 Å². The van der Waals surface area contributed by atoms with Gasteiger partial charge in [0.15, 0.2) is 0 Å². The first-order valence-corrected chi connectivity index (χ1v) is 5.69. The highest BCUT2D eigenvalue weighted by atomic mass is 32.2. The molecule has 0 aliphatic rings. The number of hydrogen-bond acceptors (Lipinski definition) is 2. The van der Waals surface area contributed by atoms with Crippen molar-refractivity contribution in [2.75, 3.05) is 14.1 Å². The third-order valence-corrected chi connectivity index (χ3v) is 2.91. The van der Waals surface area contributed by atoms with Crippen molar-refractivity contribution < 1.29 is 8.42 Å². The maximum absolute atomic E-state index is 11.7. The highest BCUT2D eigenvalue weighted by Gasteiger charge is 2.13. The first-order valence-electron chi connectivity index (χ1n) is 4.25. The Hall–Kier alpha value is -1.30. The number of hydrogen-bond donors (Lipinski definition) is 0. The Bertz CT molecular complexity index is 469. The van der Waals surface area contributed by atoms with Crippen molar-refractivity contribution >= 4 is 29.7 Å². The maximum Gasteiger partial charge on any atom is 0.283 e. The molecule has 0 saturated carbocycles. The molecular weight excluding hydrogens is 211 g/mol. The van der Waals surface area contributed by atoms with E-state index in [1.54, 1.807) is 26.2 Å². The monoisotopic (exact) mass is 222 g/mol. The van der Waals surface area contributed by atoms with E-state index < -0.39 is 10.0 Å². The maximum atomic E-state index is 11.7. The van der Waals surface area contributed by atoms with Gasteiger partial charge in [0, 0.05) is 14.1 Å². The average molecular weight is 222 g/mol. The number of nitrogens with zero attached hydrogens (tertiary/aromatic N) is 2. The summed E-state index contributed by atoms with van der Waals surface area (Å²) >= 11 is 0. The Labute approximate surface area is 91.1 Å². The van der Waals surface area contributed by atoms with Crippen LogP contribution in [0, 0.1) is 0 Å². The SMILES string of the molecule is [B]c1ccccc1S(=O)(=O)N=CN(C)C. The first kappa shape index (κ1) is 11.8. The molecule has 1 rings (SSSR count). The minimum absolute atomic E-state index is 0.0306. The van der Waals surface area contributed by atoms with Crippen LogP contribution < -0.4 is 5.46 Å². The van der Waals surface area contributed by atoms with Crippen LogP contribution in [0.4, 0.5) is 0 Å². The highest BCUT2D eigenvalue weighted by Crippen LogP contribution is 2.07. The molecule has 0 aliphatic heterocycles. The summed E-state index contributed by atoms with van der Waals surface area (Å²) < 4.78 is 26.8. The molecule has 1 aromatic rings. The molecule has 0 saturated heterocycles. The van der Waals surface area contributed by atoms with E-state index >= 15 is 0 Å². The lowest BCUT2D eigenvalue weighted by Crippen LogP contribution is -2.16. The summed E-state index contributed by atoms with van der Waals surface area (Å²) in [5.74, 6) is 0. The van der Waals surface area contributed by atoms with Gasteiger partial charge in [0.1, 0.15) is 14.2 Å². The Morgan fingerprint density at radius 1 is 1.33 bits per heavy atom. The summed E-state index contributed by atoms with van der Waals surface area (Å²) in [4.78, 5) is 1.57. The van der Waals surface area contributed by atoms with E-state index in [-0.39, 0.29) is 10.4 Å². The normalized spacial score (nSPS) is 11.9. The molecule has 0 atom stereocenters. The lowest BCUT2D eigenvalue weighted by molar-refractivity contribution is 0.595. The fourth-order valence-corrected chi connectivity index (χ4v) is 1.97. The topological polar surface area (TPSA) is 49.7 Å².